The van der Waals surface area contributed by atoms with E-state index in [9.17, 15) is 0 Å². The molecule has 1 unspecified atom stereocenters. The van der Waals surface area contributed by atoms with Crippen molar-refractivity contribution in [3.05, 3.63) is 6.54 Å². The summed E-state index contributed by atoms with van der Waals surface area (Å²) in [5.41, 5.74) is 0. The Balaban J connectivity index is 2.34. The van der Waals surface area contributed by atoms with Crippen molar-refractivity contribution in [3.63, 3.8) is 0 Å². The Morgan fingerprint density at radius 3 is 3.11 bits per heavy atom. The van der Waals surface area contributed by atoms with E-state index in [0.717, 1.165) is 13.1 Å². The van der Waals surface area contributed by atoms with Crippen molar-refractivity contribution in [2.24, 2.45) is 0 Å². The molecule has 3 nitrogen and oxygen atoms in total. The smallest absolute Gasteiger partial charge is 0.108 e. The van der Waals surface area contributed by atoms with Gasteiger partial charge in [0.05, 0.1) is 6.07 Å². The molecule has 1 rings (SSSR count). The highest BCUT2D eigenvalue weighted by Gasteiger charge is 2.14. The summed E-state index contributed by atoms with van der Waals surface area (Å²) in [7, 11) is 1.98. The first kappa shape index (κ1) is 6.53. The molecule has 9 heavy (non-hydrogen) atoms. The van der Waals surface area contributed by atoms with Gasteiger partial charge in [-0.1, -0.05) is 0 Å². The predicted molar refractivity (Wildman–Crippen MR) is 34.3 cm³/mol. The molecule has 1 aliphatic rings. The standard InChI is InChI=1S/C6H10N3/c1-9-3-2-8-6(4-7)5-9/h3,6,8H,2,5H2,1H3. The SMILES string of the molecule is CN1[CH]CNC(C#N)C1. The highest BCUT2D eigenvalue weighted by atomic mass is 15.2. The van der Waals surface area contributed by atoms with Gasteiger partial charge >= 0.3 is 0 Å². The first-order chi connectivity index (χ1) is 4.33. The molecule has 0 spiro atoms. The molecule has 1 atom stereocenters. The molecule has 1 heterocycles. The molecular formula is C6H10N3. The van der Waals surface area contributed by atoms with Crippen molar-refractivity contribution in [3.8, 4) is 6.07 Å². The van der Waals surface area contributed by atoms with Gasteiger partial charge in [-0.3, -0.25) is 10.2 Å². The van der Waals surface area contributed by atoms with Crippen LogP contribution in [0.4, 0.5) is 0 Å². The van der Waals surface area contributed by atoms with Gasteiger partial charge in [0.2, 0.25) is 0 Å². The lowest BCUT2D eigenvalue weighted by Crippen LogP contribution is -2.45. The number of nitrogens with zero attached hydrogens (tertiary/aromatic N) is 2. The number of nitrogens with one attached hydrogen (secondary N) is 1. The molecule has 3 heteroatoms. The molecule has 1 radical (unpaired) electrons. The van der Waals surface area contributed by atoms with Crippen molar-refractivity contribution in [1.82, 2.24) is 10.2 Å². The van der Waals surface area contributed by atoms with Crippen LogP contribution < -0.4 is 5.32 Å². The van der Waals surface area contributed by atoms with Crippen LogP contribution in [0.2, 0.25) is 0 Å². The third kappa shape index (κ3) is 1.67. The molecule has 1 aliphatic heterocycles. The zero-order chi connectivity index (χ0) is 6.69. The van der Waals surface area contributed by atoms with Gasteiger partial charge in [0, 0.05) is 19.6 Å². The van der Waals surface area contributed by atoms with Crippen molar-refractivity contribution in [2.45, 2.75) is 6.04 Å². The van der Waals surface area contributed by atoms with Crippen LogP contribution in [0.25, 0.3) is 0 Å². The molecule has 0 amide bonds. The van der Waals surface area contributed by atoms with E-state index < -0.39 is 0 Å². The number of nitriles is 1. The highest BCUT2D eigenvalue weighted by molar-refractivity contribution is 4.96. The number of likely N-dealkylation sites (N-methyl/N-ethyl adjacent to an activating group) is 1. The minimum absolute atomic E-state index is 0.0139. The molecule has 0 aromatic rings. The van der Waals surface area contributed by atoms with Gasteiger partial charge in [-0.05, 0) is 7.05 Å². The fourth-order valence-corrected chi connectivity index (χ4v) is 0.864. The van der Waals surface area contributed by atoms with Crippen molar-refractivity contribution < 1.29 is 0 Å². The summed E-state index contributed by atoms with van der Waals surface area (Å²) in [6, 6.07) is 2.18. The van der Waals surface area contributed by atoms with Gasteiger partial charge < -0.3 is 0 Å². The summed E-state index contributed by atoms with van der Waals surface area (Å²) in [4.78, 5) is 2.03. The summed E-state index contributed by atoms with van der Waals surface area (Å²) >= 11 is 0. The van der Waals surface area contributed by atoms with Crippen LogP contribution in [0.1, 0.15) is 0 Å². The molecule has 0 aliphatic carbocycles. The third-order valence-corrected chi connectivity index (χ3v) is 1.39. The van der Waals surface area contributed by atoms with Gasteiger partial charge in [0.25, 0.3) is 0 Å². The number of hydrogen-bond donors (Lipinski definition) is 1. The molecule has 0 aromatic carbocycles. The lowest BCUT2D eigenvalue weighted by Gasteiger charge is -2.25. The second kappa shape index (κ2) is 2.81. The Morgan fingerprint density at radius 2 is 2.67 bits per heavy atom. The number of rotatable bonds is 0. The average Bonchev–Trinajstić information content (AvgIpc) is 1.88. The van der Waals surface area contributed by atoms with E-state index in [1.165, 1.54) is 0 Å². The predicted octanol–water partition coefficient (Wildman–Crippen LogP) is -0.425. The summed E-state index contributed by atoms with van der Waals surface area (Å²) in [5.74, 6) is 0. The molecule has 1 fully saturated rings. The monoisotopic (exact) mass is 124 g/mol. The van der Waals surface area contributed by atoms with Crippen molar-refractivity contribution >= 4 is 0 Å². The quantitative estimate of drug-likeness (QED) is 0.476. The van der Waals surface area contributed by atoms with Gasteiger partial charge in [0.15, 0.2) is 0 Å². The molecule has 49 valence electrons. The van der Waals surface area contributed by atoms with Crippen LogP contribution >= 0.6 is 0 Å². The first-order valence-electron chi connectivity index (χ1n) is 2.99. The first-order valence-corrected chi connectivity index (χ1v) is 2.99. The lowest BCUT2D eigenvalue weighted by molar-refractivity contribution is 0.317. The fourth-order valence-electron chi connectivity index (χ4n) is 0.864. The Kier molecular flexibility index (Phi) is 2.04. The van der Waals surface area contributed by atoms with E-state index in [-0.39, 0.29) is 6.04 Å². The van der Waals surface area contributed by atoms with Crippen LogP contribution in [-0.4, -0.2) is 31.1 Å². The van der Waals surface area contributed by atoms with Crippen LogP contribution in [0.15, 0.2) is 0 Å². The summed E-state index contributed by atoms with van der Waals surface area (Å²) in [6.07, 6.45) is 0. The third-order valence-electron chi connectivity index (χ3n) is 1.39. The largest absolute Gasteiger partial charge is 0.299 e. The average molecular weight is 124 g/mol. The molecule has 0 aromatic heterocycles. The van der Waals surface area contributed by atoms with Gasteiger partial charge in [-0.15, -0.1) is 0 Å². The molecule has 0 saturated carbocycles. The summed E-state index contributed by atoms with van der Waals surface area (Å²) in [5, 5.41) is 11.5. The van der Waals surface area contributed by atoms with Gasteiger partial charge in [0.1, 0.15) is 6.04 Å². The Bertz CT molecular complexity index is 127. The van der Waals surface area contributed by atoms with Gasteiger partial charge in [-0.2, -0.15) is 5.26 Å². The zero-order valence-corrected chi connectivity index (χ0v) is 5.46. The summed E-state index contributed by atoms with van der Waals surface area (Å²) < 4.78 is 0. The Morgan fingerprint density at radius 1 is 1.89 bits per heavy atom. The van der Waals surface area contributed by atoms with E-state index in [0.29, 0.717) is 0 Å². The van der Waals surface area contributed by atoms with Crippen molar-refractivity contribution in [1.29, 1.82) is 5.26 Å². The lowest BCUT2D eigenvalue weighted by atomic mass is 10.2. The minimum atomic E-state index is 0.0139. The maximum atomic E-state index is 8.46. The maximum Gasteiger partial charge on any atom is 0.108 e. The zero-order valence-electron chi connectivity index (χ0n) is 5.46. The second-order valence-electron chi connectivity index (χ2n) is 2.21. The van der Waals surface area contributed by atoms with Crippen LogP contribution in [-0.2, 0) is 0 Å². The van der Waals surface area contributed by atoms with Crippen molar-refractivity contribution in [2.75, 3.05) is 20.1 Å². The minimum Gasteiger partial charge on any atom is -0.299 e. The van der Waals surface area contributed by atoms with E-state index in [2.05, 4.69) is 11.4 Å². The highest BCUT2D eigenvalue weighted by Crippen LogP contribution is 1.96. The topological polar surface area (TPSA) is 39.1 Å². The van der Waals surface area contributed by atoms with E-state index in [1.54, 1.807) is 0 Å². The Labute approximate surface area is 55.3 Å². The molecule has 1 saturated heterocycles. The maximum absolute atomic E-state index is 8.46. The number of hydrogen-bond acceptors (Lipinski definition) is 3. The van der Waals surface area contributed by atoms with E-state index in [1.807, 2.05) is 18.5 Å². The molecule has 1 N–H and O–H groups in total. The Hall–Kier alpha value is -0.590. The number of piperazine rings is 1. The van der Waals surface area contributed by atoms with Crippen LogP contribution in [0.5, 0.6) is 0 Å². The van der Waals surface area contributed by atoms with Crippen LogP contribution in [0.3, 0.4) is 0 Å². The van der Waals surface area contributed by atoms with Crippen LogP contribution in [0, 0.1) is 17.9 Å². The molecular weight excluding hydrogens is 114 g/mol. The van der Waals surface area contributed by atoms with E-state index in [4.69, 9.17) is 5.26 Å². The second-order valence-corrected chi connectivity index (χ2v) is 2.21. The van der Waals surface area contributed by atoms with Gasteiger partial charge in [-0.25, -0.2) is 0 Å². The van der Waals surface area contributed by atoms with E-state index >= 15 is 0 Å². The normalized spacial score (nSPS) is 29.6. The molecule has 0 bridgehead atoms. The fraction of sp³-hybridized carbons (Fsp3) is 0.667. The summed E-state index contributed by atoms with van der Waals surface area (Å²) in [6.45, 7) is 3.65.